The van der Waals surface area contributed by atoms with Crippen molar-refractivity contribution in [1.82, 2.24) is 10.3 Å². The molecule has 1 aromatic rings. The molecule has 1 aliphatic rings. The van der Waals surface area contributed by atoms with E-state index in [0.717, 1.165) is 5.01 Å². The van der Waals surface area contributed by atoms with E-state index in [9.17, 15) is 9.59 Å². The lowest BCUT2D eigenvalue weighted by atomic mass is 10.00. The van der Waals surface area contributed by atoms with E-state index in [-0.39, 0.29) is 5.91 Å². The molecule has 1 saturated heterocycles. The first-order valence-corrected chi connectivity index (χ1v) is 6.35. The Morgan fingerprint density at radius 3 is 2.70 bits per heavy atom. The van der Waals surface area contributed by atoms with Crippen LogP contribution in [0.25, 0.3) is 0 Å². The second kappa shape index (κ2) is 5.32. The molecule has 1 atom stereocenters. The first kappa shape index (κ1) is 14.0. The molecule has 6 heteroatoms. The van der Waals surface area contributed by atoms with Crippen LogP contribution in [0.4, 0.5) is 4.79 Å². The number of hydrogen-bond acceptors (Lipinski definition) is 4. The maximum Gasteiger partial charge on any atom is 0.346 e. The van der Waals surface area contributed by atoms with Crippen molar-refractivity contribution >= 4 is 18.2 Å². The van der Waals surface area contributed by atoms with Gasteiger partial charge in [-0.25, -0.2) is 4.79 Å². The third-order valence-corrected chi connectivity index (χ3v) is 3.40. The van der Waals surface area contributed by atoms with Gasteiger partial charge in [0.2, 0.25) is 0 Å². The molecule has 1 heterocycles. The molecular formula is C14H17N3O3. The van der Waals surface area contributed by atoms with Gasteiger partial charge in [-0.3, -0.25) is 4.79 Å². The van der Waals surface area contributed by atoms with Crippen LogP contribution in [0.1, 0.15) is 25.8 Å². The lowest BCUT2D eigenvalue weighted by Gasteiger charge is -2.17. The summed E-state index contributed by atoms with van der Waals surface area (Å²) in [6.45, 7) is 3.53. The molecule has 20 heavy (non-hydrogen) atoms. The van der Waals surface area contributed by atoms with Gasteiger partial charge in [-0.1, -0.05) is 19.1 Å². The number of imide groups is 1. The fourth-order valence-electron chi connectivity index (χ4n) is 1.91. The molecule has 2 rings (SSSR count). The van der Waals surface area contributed by atoms with Crippen LogP contribution in [0.3, 0.4) is 0 Å². The highest BCUT2D eigenvalue weighted by atomic mass is 16.5. The van der Waals surface area contributed by atoms with Crippen molar-refractivity contribution in [2.45, 2.75) is 25.8 Å². The Bertz CT molecular complexity index is 571. The zero-order valence-corrected chi connectivity index (χ0v) is 11.7. The second-order valence-electron chi connectivity index (χ2n) is 4.72. The Kier molecular flexibility index (Phi) is 3.74. The number of urea groups is 1. The van der Waals surface area contributed by atoms with Gasteiger partial charge in [0.05, 0.1) is 13.3 Å². The van der Waals surface area contributed by atoms with Crippen molar-refractivity contribution in [1.29, 1.82) is 0 Å². The predicted molar refractivity (Wildman–Crippen MR) is 74.7 cm³/mol. The minimum absolute atomic E-state index is 0.351. The second-order valence-corrected chi connectivity index (χ2v) is 4.72. The number of rotatable bonds is 4. The number of para-hydroxylation sites is 1. The molecule has 1 N–H and O–H groups in total. The van der Waals surface area contributed by atoms with Crippen molar-refractivity contribution in [3.63, 3.8) is 0 Å². The summed E-state index contributed by atoms with van der Waals surface area (Å²) in [6, 6.07) is 6.72. The highest BCUT2D eigenvalue weighted by Gasteiger charge is 2.46. The molecule has 0 bridgehead atoms. The largest absolute Gasteiger partial charge is 0.496 e. The van der Waals surface area contributed by atoms with Gasteiger partial charge in [0.25, 0.3) is 5.91 Å². The monoisotopic (exact) mass is 275 g/mol. The Labute approximate surface area is 117 Å². The molecule has 6 nitrogen and oxygen atoms in total. The van der Waals surface area contributed by atoms with E-state index in [0.29, 0.717) is 17.7 Å². The van der Waals surface area contributed by atoms with Gasteiger partial charge in [0.15, 0.2) is 0 Å². The molecular weight excluding hydrogens is 258 g/mol. The highest BCUT2D eigenvalue weighted by molar-refractivity contribution is 6.07. The van der Waals surface area contributed by atoms with Crippen molar-refractivity contribution in [2.24, 2.45) is 5.10 Å². The van der Waals surface area contributed by atoms with Crippen LogP contribution in [0.2, 0.25) is 0 Å². The molecule has 1 fully saturated rings. The SMILES string of the molecule is CC[C@]1(C)NC(=O)N(/N=C\c2ccccc2OC)C1=O. The van der Waals surface area contributed by atoms with E-state index < -0.39 is 11.6 Å². The van der Waals surface area contributed by atoms with E-state index in [1.807, 2.05) is 19.1 Å². The molecule has 1 aliphatic heterocycles. The predicted octanol–water partition coefficient (Wildman–Crippen LogP) is 1.75. The number of carbonyl (C=O) groups excluding carboxylic acids is 2. The van der Waals surface area contributed by atoms with E-state index in [1.54, 1.807) is 26.2 Å². The zero-order valence-electron chi connectivity index (χ0n) is 11.7. The molecule has 0 radical (unpaired) electrons. The minimum atomic E-state index is -0.880. The summed E-state index contributed by atoms with van der Waals surface area (Å²) in [5.41, 5.74) is -0.185. The number of nitrogens with zero attached hydrogens (tertiary/aromatic N) is 2. The molecule has 0 aromatic heterocycles. The van der Waals surface area contributed by atoms with E-state index in [1.165, 1.54) is 6.21 Å². The van der Waals surface area contributed by atoms with Crippen LogP contribution in [0.15, 0.2) is 29.4 Å². The lowest BCUT2D eigenvalue weighted by molar-refractivity contribution is -0.130. The summed E-state index contributed by atoms with van der Waals surface area (Å²) in [6.07, 6.45) is 1.95. The van der Waals surface area contributed by atoms with Crippen molar-refractivity contribution in [2.75, 3.05) is 7.11 Å². The summed E-state index contributed by atoms with van der Waals surface area (Å²) in [5.74, 6) is 0.276. The fourth-order valence-corrected chi connectivity index (χ4v) is 1.91. The molecule has 106 valence electrons. The number of nitrogens with one attached hydrogen (secondary N) is 1. The lowest BCUT2D eigenvalue weighted by Crippen LogP contribution is -2.42. The summed E-state index contributed by atoms with van der Waals surface area (Å²) in [4.78, 5) is 23.9. The van der Waals surface area contributed by atoms with Gasteiger partial charge in [0.1, 0.15) is 11.3 Å². The van der Waals surface area contributed by atoms with Crippen molar-refractivity contribution < 1.29 is 14.3 Å². The third-order valence-electron chi connectivity index (χ3n) is 3.40. The standard InChI is InChI=1S/C14H17N3O3/c1-4-14(2)12(18)17(13(19)16-14)15-9-10-7-5-6-8-11(10)20-3/h5-9H,4H2,1-3H3,(H,16,19)/b15-9-/t14-/m0/s1. The van der Waals surface area contributed by atoms with Crippen LogP contribution < -0.4 is 10.1 Å². The minimum Gasteiger partial charge on any atom is -0.496 e. The number of hydrogen-bond donors (Lipinski definition) is 1. The first-order valence-electron chi connectivity index (χ1n) is 6.35. The molecule has 0 saturated carbocycles. The van der Waals surface area contributed by atoms with Crippen molar-refractivity contribution in [3.8, 4) is 5.75 Å². The van der Waals surface area contributed by atoms with Gasteiger partial charge in [-0.2, -0.15) is 5.10 Å². The number of benzene rings is 1. The average molecular weight is 275 g/mol. The van der Waals surface area contributed by atoms with Gasteiger partial charge in [0, 0.05) is 5.56 Å². The van der Waals surface area contributed by atoms with Crippen LogP contribution in [-0.4, -0.2) is 35.8 Å². The molecule has 1 aromatic carbocycles. The summed E-state index contributed by atoms with van der Waals surface area (Å²) in [5, 5.41) is 7.47. The quantitative estimate of drug-likeness (QED) is 0.672. The van der Waals surface area contributed by atoms with Gasteiger partial charge in [-0.05, 0) is 25.5 Å². The first-order chi connectivity index (χ1) is 9.51. The van der Waals surface area contributed by atoms with Crippen LogP contribution >= 0.6 is 0 Å². The summed E-state index contributed by atoms with van der Waals surface area (Å²) >= 11 is 0. The smallest absolute Gasteiger partial charge is 0.346 e. The highest BCUT2D eigenvalue weighted by Crippen LogP contribution is 2.21. The van der Waals surface area contributed by atoms with Crippen LogP contribution in [0, 0.1) is 0 Å². The third kappa shape index (κ3) is 2.36. The number of carbonyl (C=O) groups is 2. The maximum absolute atomic E-state index is 12.1. The Hall–Kier alpha value is -2.37. The van der Waals surface area contributed by atoms with E-state index >= 15 is 0 Å². The normalized spacial score (nSPS) is 22.4. The van der Waals surface area contributed by atoms with E-state index in [4.69, 9.17) is 4.74 Å². The van der Waals surface area contributed by atoms with E-state index in [2.05, 4.69) is 10.4 Å². The summed E-state index contributed by atoms with van der Waals surface area (Å²) < 4.78 is 5.18. The van der Waals surface area contributed by atoms with Gasteiger partial charge in [-0.15, -0.1) is 5.01 Å². The summed E-state index contributed by atoms with van der Waals surface area (Å²) in [7, 11) is 1.55. The number of methoxy groups -OCH3 is 1. The van der Waals surface area contributed by atoms with Gasteiger partial charge >= 0.3 is 6.03 Å². The molecule has 0 aliphatic carbocycles. The van der Waals surface area contributed by atoms with Gasteiger partial charge < -0.3 is 10.1 Å². The molecule has 3 amide bonds. The zero-order chi connectivity index (χ0) is 14.8. The van der Waals surface area contributed by atoms with Crippen LogP contribution in [0.5, 0.6) is 5.75 Å². The average Bonchev–Trinajstić information content (AvgIpc) is 2.68. The Morgan fingerprint density at radius 1 is 1.40 bits per heavy atom. The maximum atomic E-state index is 12.1. The molecule has 0 spiro atoms. The molecule has 0 unspecified atom stereocenters. The number of hydrazone groups is 1. The Morgan fingerprint density at radius 2 is 2.10 bits per heavy atom. The Balaban J connectivity index is 2.24. The number of ether oxygens (including phenoxy) is 1. The number of amides is 3. The topological polar surface area (TPSA) is 71.0 Å². The van der Waals surface area contributed by atoms with Crippen LogP contribution in [-0.2, 0) is 4.79 Å². The fraction of sp³-hybridized carbons (Fsp3) is 0.357. The van der Waals surface area contributed by atoms with Crippen molar-refractivity contribution in [3.05, 3.63) is 29.8 Å².